The van der Waals surface area contributed by atoms with Crippen LogP contribution in [0, 0.1) is 11.3 Å². The van der Waals surface area contributed by atoms with E-state index in [-0.39, 0.29) is 0 Å². The SMILES string of the molecule is COc1cccc(-c2nnc(SCCCCC#N)n2Cc2ccco2)c1. The van der Waals surface area contributed by atoms with E-state index in [1.54, 1.807) is 25.1 Å². The molecule has 0 radical (unpaired) electrons. The largest absolute Gasteiger partial charge is 0.497 e. The fraction of sp³-hybridized carbons (Fsp3) is 0.316. The van der Waals surface area contributed by atoms with Gasteiger partial charge in [0.15, 0.2) is 11.0 Å². The van der Waals surface area contributed by atoms with Gasteiger partial charge in [0.25, 0.3) is 0 Å². The van der Waals surface area contributed by atoms with Crippen molar-refractivity contribution in [2.45, 2.75) is 31.0 Å². The molecule has 0 aliphatic heterocycles. The van der Waals surface area contributed by atoms with Gasteiger partial charge in [-0.3, -0.25) is 4.57 Å². The van der Waals surface area contributed by atoms with E-state index in [2.05, 4.69) is 20.8 Å². The van der Waals surface area contributed by atoms with Gasteiger partial charge in [-0.05, 0) is 37.1 Å². The van der Waals surface area contributed by atoms with Crippen molar-refractivity contribution in [3.8, 4) is 23.2 Å². The Labute approximate surface area is 156 Å². The number of aromatic nitrogens is 3. The van der Waals surface area contributed by atoms with E-state index in [0.29, 0.717) is 13.0 Å². The number of hydrogen-bond donors (Lipinski definition) is 0. The summed E-state index contributed by atoms with van der Waals surface area (Å²) in [5.41, 5.74) is 0.944. The molecule has 0 saturated carbocycles. The quantitative estimate of drug-likeness (QED) is 0.412. The number of methoxy groups -OCH3 is 1. The van der Waals surface area contributed by atoms with E-state index in [1.807, 2.05) is 36.4 Å². The highest BCUT2D eigenvalue weighted by Crippen LogP contribution is 2.28. The van der Waals surface area contributed by atoms with Crippen LogP contribution in [0.15, 0.2) is 52.2 Å². The molecule has 2 heterocycles. The van der Waals surface area contributed by atoms with Gasteiger partial charge in [-0.1, -0.05) is 23.9 Å². The van der Waals surface area contributed by atoms with Crippen molar-refractivity contribution in [2.24, 2.45) is 0 Å². The molecule has 0 unspecified atom stereocenters. The molecule has 3 aromatic rings. The summed E-state index contributed by atoms with van der Waals surface area (Å²) in [6, 6.07) is 13.8. The van der Waals surface area contributed by atoms with E-state index >= 15 is 0 Å². The second-order valence-corrected chi connectivity index (χ2v) is 6.73. The van der Waals surface area contributed by atoms with Crippen LogP contribution in [0.3, 0.4) is 0 Å². The lowest BCUT2D eigenvalue weighted by atomic mass is 10.2. The first-order chi connectivity index (χ1) is 12.8. The number of ether oxygens (including phenoxy) is 1. The highest BCUT2D eigenvalue weighted by molar-refractivity contribution is 7.99. The van der Waals surface area contributed by atoms with Crippen molar-refractivity contribution in [1.82, 2.24) is 14.8 Å². The third kappa shape index (κ3) is 4.46. The minimum atomic E-state index is 0.563. The first-order valence-corrected chi connectivity index (χ1v) is 9.40. The Morgan fingerprint density at radius 3 is 2.92 bits per heavy atom. The van der Waals surface area contributed by atoms with Crippen LogP contribution in [0.2, 0.25) is 0 Å². The van der Waals surface area contributed by atoms with Gasteiger partial charge < -0.3 is 9.15 Å². The number of benzene rings is 1. The predicted molar refractivity (Wildman–Crippen MR) is 100 cm³/mol. The predicted octanol–water partition coefficient (Wildman–Crippen LogP) is 4.38. The van der Waals surface area contributed by atoms with Crippen LogP contribution >= 0.6 is 11.8 Å². The molecule has 0 amide bonds. The molecule has 0 saturated heterocycles. The first kappa shape index (κ1) is 18.1. The molecule has 134 valence electrons. The van der Waals surface area contributed by atoms with Crippen LogP contribution in [0.5, 0.6) is 5.75 Å². The third-order valence-corrected chi connectivity index (χ3v) is 4.91. The molecular formula is C19H20N4O2S. The zero-order valence-corrected chi connectivity index (χ0v) is 15.4. The lowest BCUT2D eigenvalue weighted by molar-refractivity contribution is 0.415. The van der Waals surface area contributed by atoms with Crippen LogP contribution < -0.4 is 4.74 Å². The van der Waals surface area contributed by atoms with E-state index in [1.165, 1.54) is 0 Å². The number of nitriles is 1. The summed E-state index contributed by atoms with van der Waals surface area (Å²) in [5.74, 6) is 3.30. The number of unbranched alkanes of at least 4 members (excludes halogenated alkanes) is 2. The summed E-state index contributed by atoms with van der Waals surface area (Å²) < 4.78 is 12.9. The summed E-state index contributed by atoms with van der Waals surface area (Å²) in [5, 5.41) is 18.3. The van der Waals surface area contributed by atoms with Crippen LogP contribution in [0.1, 0.15) is 25.0 Å². The summed E-state index contributed by atoms with van der Waals surface area (Å²) in [6.07, 6.45) is 4.13. The summed E-state index contributed by atoms with van der Waals surface area (Å²) in [4.78, 5) is 0. The lowest BCUT2D eigenvalue weighted by Gasteiger charge is -2.09. The Morgan fingerprint density at radius 2 is 2.15 bits per heavy atom. The van der Waals surface area contributed by atoms with Gasteiger partial charge >= 0.3 is 0 Å². The van der Waals surface area contributed by atoms with E-state index in [0.717, 1.165) is 46.6 Å². The number of thioether (sulfide) groups is 1. The molecular weight excluding hydrogens is 348 g/mol. The Hall–Kier alpha value is -2.72. The van der Waals surface area contributed by atoms with Crippen LogP contribution in [0.4, 0.5) is 0 Å². The maximum atomic E-state index is 8.64. The molecule has 0 aliphatic carbocycles. The Balaban J connectivity index is 1.84. The van der Waals surface area contributed by atoms with Crippen LogP contribution in [0.25, 0.3) is 11.4 Å². The second-order valence-electron chi connectivity index (χ2n) is 5.67. The molecule has 6 nitrogen and oxygen atoms in total. The molecule has 0 bridgehead atoms. The van der Waals surface area contributed by atoms with Crippen molar-refractivity contribution in [3.63, 3.8) is 0 Å². The normalized spacial score (nSPS) is 10.6. The maximum absolute atomic E-state index is 8.64. The van der Waals surface area contributed by atoms with Crippen molar-refractivity contribution in [1.29, 1.82) is 5.26 Å². The molecule has 2 aromatic heterocycles. The van der Waals surface area contributed by atoms with Crippen LogP contribution in [-0.4, -0.2) is 27.6 Å². The minimum absolute atomic E-state index is 0.563. The van der Waals surface area contributed by atoms with Gasteiger partial charge in [0.05, 0.1) is 26.0 Å². The fourth-order valence-electron chi connectivity index (χ4n) is 2.54. The highest BCUT2D eigenvalue weighted by atomic mass is 32.2. The van der Waals surface area contributed by atoms with E-state index in [4.69, 9.17) is 14.4 Å². The van der Waals surface area contributed by atoms with Gasteiger partial charge in [-0.25, -0.2) is 0 Å². The Bertz CT molecular complexity index is 868. The first-order valence-electron chi connectivity index (χ1n) is 8.41. The van der Waals surface area contributed by atoms with Crippen molar-refractivity contribution in [3.05, 3.63) is 48.4 Å². The average Bonchev–Trinajstić information content (AvgIpc) is 3.32. The topological polar surface area (TPSA) is 76.9 Å². The third-order valence-electron chi connectivity index (χ3n) is 3.85. The molecule has 26 heavy (non-hydrogen) atoms. The summed E-state index contributed by atoms with van der Waals surface area (Å²) in [7, 11) is 1.65. The van der Waals surface area contributed by atoms with Crippen molar-refractivity contribution >= 4 is 11.8 Å². The minimum Gasteiger partial charge on any atom is -0.497 e. The number of rotatable bonds is 9. The summed E-state index contributed by atoms with van der Waals surface area (Å²) >= 11 is 1.65. The number of nitrogens with zero attached hydrogens (tertiary/aromatic N) is 4. The average molecular weight is 368 g/mol. The van der Waals surface area contributed by atoms with Gasteiger partial charge in [-0.15, -0.1) is 10.2 Å². The van der Waals surface area contributed by atoms with Gasteiger partial charge in [0.1, 0.15) is 11.5 Å². The highest BCUT2D eigenvalue weighted by Gasteiger charge is 2.16. The van der Waals surface area contributed by atoms with Crippen molar-refractivity contribution < 1.29 is 9.15 Å². The molecule has 0 N–H and O–H groups in total. The van der Waals surface area contributed by atoms with Crippen molar-refractivity contribution in [2.75, 3.05) is 12.9 Å². The van der Waals surface area contributed by atoms with Gasteiger partial charge in [-0.2, -0.15) is 5.26 Å². The molecule has 0 aliphatic rings. The van der Waals surface area contributed by atoms with E-state index < -0.39 is 0 Å². The molecule has 7 heteroatoms. The zero-order chi connectivity index (χ0) is 18.2. The molecule has 0 atom stereocenters. The Morgan fingerprint density at radius 1 is 1.23 bits per heavy atom. The van der Waals surface area contributed by atoms with Crippen LogP contribution in [-0.2, 0) is 6.54 Å². The molecule has 1 aromatic carbocycles. The molecule has 0 fully saturated rings. The zero-order valence-electron chi connectivity index (χ0n) is 14.6. The fourth-order valence-corrected chi connectivity index (χ4v) is 3.48. The monoisotopic (exact) mass is 368 g/mol. The molecule has 3 rings (SSSR count). The summed E-state index contributed by atoms with van der Waals surface area (Å²) in [6.45, 7) is 0.563. The smallest absolute Gasteiger partial charge is 0.191 e. The Kier molecular flexibility index (Phi) is 6.34. The lowest BCUT2D eigenvalue weighted by Crippen LogP contribution is -2.04. The second kappa shape index (κ2) is 9.11. The standard InChI is InChI=1S/C19H20N4O2S/c1-24-16-8-5-7-15(13-16)18-21-22-19(26-12-4-2-3-10-20)23(18)14-17-9-6-11-25-17/h5-9,11,13H,2-4,12,14H2,1H3. The van der Waals surface area contributed by atoms with E-state index in [9.17, 15) is 0 Å². The number of furan rings is 1. The van der Waals surface area contributed by atoms with Gasteiger partial charge in [0.2, 0.25) is 0 Å². The van der Waals surface area contributed by atoms with Gasteiger partial charge in [0, 0.05) is 17.7 Å². The number of hydrogen-bond acceptors (Lipinski definition) is 6. The maximum Gasteiger partial charge on any atom is 0.191 e. The molecule has 0 spiro atoms.